The minimum absolute atomic E-state index is 0.0138. The highest BCUT2D eigenvalue weighted by atomic mass is 16.5. The van der Waals surface area contributed by atoms with Crippen LogP contribution >= 0.6 is 0 Å². The molecule has 1 aliphatic heterocycles. The van der Waals surface area contributed by atoms with Crippen LogP contribution in [0.1, 0.15) is 27.2 Å². The van der Waals surface area contributed by atoms with E-state index in [9.17, 15) is 4.79 Å². The monoisotopic (exact) mass is 186 g/mol. The van der Waals surface area contributed by atoms with Gasteiger partial charge in [0.25, 0.3) is 0 Å². The second kappa shape index (κ2) is 3.29. The zero-order valence-corrected chi connectivity index (χ0v) is 8.85. The average Bonchev–Trinajstić information content (AvgIpc) is 1.93. The van der Waals surface area contributed by atoms with Gasteiger partial charge in [-0.15, -0.1) is 0 Å². The van der Waals surface area contributed by atoms with E-state index in [0.29, 0.717) is 19.6 Å². The van der Waals surface area contributed by atoms with Crippen molar-refractivity contribution in [3.8, 4) is 0 Å². The Kier molecular flexibility index (Phi) is 2.66. The van der Waals surface area contributed by atoms with Crippen molar-refractivity contribution < 1.29 is 14.3 Å². The van der Waals surface area contributed by atoms with E-state index in [4.69, 9.17) is 4.74 Å². The van der Waals surface area contributed by atoms with E-state index in [0.717, 1.165) is 0 Å². The molecule has 0 spiro atoms. The van der Waals surface area contributed by atoms with Gasteiger partial charge in [0, 0.05) is 5.41 Å². The van der Waals surface area contributed by atoms with Crippen molar-refractivity contribution in [3.63, 3.8) is 0 Å². The molecule has 0 saturated carbocycles. The first-order chi connectivity index (χ1) is 5.91. The molecule has 1 saturated heterocycles. The molecule has 3 nitrogen and oxygen atoms in total. The van der Waals surface area contributed by atoms with Crippen molar-refractivity contribution in [2.24, 2.45) is 10.8 Å². The van der Waals surface area contributed by atoms with Gasteiger partial charge in [-0.25, -0.2) is 0 Å². The van der Waals surface area contributed by atoms with Gasteiger partial charge in [-0.3, -0.25) is 4.79 Å². The molecule has 1 aliphatic rings. The summed E-state index contributed by atoms with van der Waals surface area (Å²) < 4.78 is 9.88. The lowest BCUT2D eigenvalue weighted by Crippen LogP contribution is -2.53. The summed E-state index contributed by atoms with van der Waals surface area (Å²) >= 11 is 0. The van der Waals surface area contributed by atoms with E-state index in [2.05, 4.69) is 25.5 Å². The van der Waals surface area contributed by atoms with Gasteiger partial charge in [0.05, 0.1) is 26.7 Å². The minimum atomic E-state index is -0.141. The van der Waals surface area contributed by atoms with Crippen molar-refractivity contribution in [1.29, 1.82) is 0 Å². The van der Waals surface area contributed by atoms with Crippen LogP contribution < -0.4 is 0 Å². The summed E-state index contributed by atoms with van der Waals surface area (Å²) in [5, 5.41) is 0. The highest BCUT2D eigenvalue weighted by molar-refractivity contribution is 5.70. The third kappa shape index (κ3) is 1.85. The Labute approximate surface area is 79.4 Å². The Bertz CT molecular complexity index is 199. The Morgan fingerprint density at radius 2 is 2.00 bits per heavy atom. The molecule has 76 valence electrons. The summed E-state index contributed by atoms with van der Waals surface area (Å²) in [6.07, 6.45) is 0.465. The number of ether oxygens (including phenoxy) is 2. The largest absolute Gasteiger partial charge is 0.469 e. The molecule has 0 unspecified atom stereocenters. The van der Waals surface area contributed by atoms with Crippen molar-refractivity contribution in [2.75, 3.05) is 20.3 Å². The molecule has 1 fully saturated rings. The molecule has 0 aliphatic carbocycles. The van der Waals surface area contributed by atoms with Crippen LogP contribution in [0.5, 0.6) is 0 Å². The number of hydrogen-bond acceptors (Lipinski definition) is 3. The van der Waals surface area contributed by atoms with E-state index in [1.165, 1.54) is 7.11 Å². The molecule has 0 atom stereocenters. The standard InChI is InChI=1S/C10H18O3/c1-9(2,3)10(6-13-7-10)5-8(11)12-4/h5-7H2,1-4H3. The molecule has 0 aromatic heterocycles. The molecule has 3 heteroatoms. The molecule has 0 aromatic rings. The summed E-state index contributed by atoms with van der Waals surface area (Å²) in [4.78, 5) is 11.2. The van der Waals surface area contributed by atoms with E-state index in [1.807, 2.05) is 0 Å². The van der Waals surface area contributed by atoms with Crippen LogP contribution in [0.25, 0.3) is 0 Å². The number of hydrogen-bond donors (Lipinski definition) is 0. The van der Waals surface area contributed by atoms with Crippen LogP contribution in [0.15, 0.2) is 0 Å². The van der Waals surface area contributed by atoms with Gasteiger partial charge < -0.3 is 9.47 Å². The van der Waals surface area contributed by atoms with Gasteiger partial charge in [0.15, 0.2) is 0 Å². The summed E-state index contributed by atoms with van der Waals surface area (Å²) in [6, 6.07) is 0. The smallest absolute Gasteiger partial charge is 0.306 e. The number of carbonyl (C=O) groups excluding carboxylic acids is 1. The van der Waals surface area contributed by atoms with E-state index >= 15 is 0 Å². The molecule has 0 aromatic carbocycles. The zero-order valence-electron chi connectivity index (χ0n) is 8.85. The maximum absolute atomic E-state index is 11.2. The van der Waals surface area contributed by atoms with E-state index in [-0.39, 0.29) is 16.8 Å². The van der Waals surface area contributed by atoms with E-state index < -0.39 is 0 Å². The highest BCUT2D eigenvalue weighted by Gasteiger charge is 2.49. The highest BCUT2D eigenvalue weighted by Crippen LogP contribution is 2.47. The van der Waals surface area contributed by atoms with Crippen LogP contribution in [-0.4, -0.2) is 26.3 Å². The quantitative estimate of drug-likeness (QED) is 0.615. The molecule has 1 rings (SSSR count). The third-order valence-corrected chi connectivity index (χ3v) is 3.06. The van der Waals surface area contributed by atoms with Crippen molar-refractivity contribution in [2.45, 2.75) is 27.2 Å². The van der Waals surface area contributed by atoms with Gasteiger partial charge in [0.1, 0.15) is 0 Å². The maximum Gasteiger partial charge on any atom is 0.306 e. The van der Waals surface area contributed by atoms with Gasteiger partial charge in [0.2, 0.25) is 0 Å². The molecule has 0 N–H and O–H groups in total. The summed E-state index contributed by atoms with van der Waals surface area (Å²) in [7, 11) is 1.43. The Balaban J connectivity index is 2.66. The van der Waals surface area contributed by atoms with Crippen molar-refractivity contribution >= 4 is 5.97 Å². The maximum atomic E-state index is 11.2. The molecule has 1 heterocycles. The molecule has 13 heavy (non-hydrogen) atoms. The van der Waals surface area contributed by atoms with Crippen LogP contribution in [0.3, 0.4) is 0 Å². The first kappa shape index (κ1) is 10.5. The number of rotatable bonds is 2. The summed E-state index contributed by atoms with van der Waals surface area (Å²) in [5.41, 5.74) is 0.0829. The van der Waals surface area contributed by atoms with Crippen LogP contribution in [0, 0.1) is 10.8 Å². The lowest BCUT2D eigenvalue weighted by atomic mass is 9.63. The van der Waals surface area contributed by atoms with Crippen LogP contribution in [0.2, 0.25) is 0 Å². The lowest BCUT2D eigenvalue weighted by Gasteiger charge is -2.50. The fourth-order valence-corrected chi connectivity index (χ4v) is 1.50. The predicted octanol–water partition coefficient (Wildman–Crippen LogP) is 1.61. The Morgan fingerprint density at radius 3 is 2.23 bits per heavy atom. The predicted molar refractivity (Wildman–Crippen MR) is 49.3 cm³/mol. The number of carbonyl (C=O) groups is 1. The average molecular weight is 186 g/mol. The van der Waals surface area contributed by atoms with Gasteiger partial charge in [-0.05, 0) is 5.41 Å². The Hall–Kier alpha value is -0.570. The molecule has 0 bridgehead atoms. The summed E-state index contributed by atoms with van der Waals surface area (Å²) in [5.74, 6) is -0.141. The van der Waals surface area contributed by atoms with Gasteiger partial charge in [-0.1, -0.05) is 20.8 Å². The number of methoxy groups -OCH3 is 1. The van der Waals surface area contributed by atoms with Gasteiger partial charge >= 0.3 is 5.97 Å². The fraction of sp³-hybridized carbons (Fsp3) is 0.900. The molecular weight excluding hydrogens is 168 g/mol. The second-order valence-electron chi connectivity index (χ2n) is 4.78. The first-order valence-electron chi connectivity index (χ1n) is 4.56. The van der Waals surface area contributed by atoms with Crippen molar-refractivity contribution in [3.05, 3.63) is 0 Å². The van der Waals surface area contributed by atoms with E-state index in [1.54, 1.807) is 0 Å². The number of esters is 1. The van der Waals surface area contributed by atoms with Gasteiger partial charge in [-0.2, -0.15) is 0 Å². The second-order valence-corrected chi connectivity index (χ2v) is 4.78. The summed E-state index contributed by atoms with van der Waals surface area (Å²) in [6.45, 7) is 7.76. The normalized spacial score (nSPS) is 20.6. The zero-order chi connectivity index (χ0) is 10.1. The van der Waals surface area contributed by atoms with Crippen LogP contribution in [0.4, 0.5) is 0 Å². The SMILES string of the molecule is COC(=O)CC1(C(C)(C)C)COC1. The molecule has 0 amide bonds. The lowest BCUT2D eigenvalue weighted by molar-refractivity contribution is -0.187. The minimum Gasteiger partial charge on any atom is -0.469 e. The molecule has 0 radical (unpaired) electrons. The van der Waals surface area contributed by atoms with Crippen molar-refractivity contribution in [1.82, 2.24) is 0 Å². The van der Waals surface area contributed by atoms with Crippen LogP contribution in [-0.2, 0) is 14.3 Å². The fourth-order valence-electron chi connectivity index (χ4n) is 1.50. The molecular formula is C10H18O3. The Morgan fingerprint density at radius 1 is 1.46 bits per heavy atom. The topological polar surface area (TPSA) is 35.5 Å². The third-order valence-electron chi connectivity index (χ3n) is 3.06. The first-order valence-corrected chi connectivity index (χ1v) is 4.56.